The van der Waals surface area contributed by atoms with Gasteiger partial charge in [0.2, 0.25) is 0 Å². The van der Waals surface area contributed by atoms with Gasteiger partial charge in [-0.15, -0.1) is 11.3 Å². The third kappa shape index (κ3) is 1.74. The standard InChI is InChI=1S/C12H11N3O3S/c1-6-3-8-10(19-6)4-9-12(18)14(5-11(16)17)13-7(2)15(8)9/h3-4H,5H2,1-2H3,(H,16,17). The summed E-state index contributed by atoms with van der Waals surface area (Å²) in [6, 6.07) is 3.80. The van der Waals surface area contributed by atoms with Gasteiger partial charge in [0.05, 0.1) is 10.2 Å². The first-order valence-electron chi connectivity index (χ1n) is 5.68. The van der Waals surface area contributed by atoms with Crippen molar-refractivity contribution in [1.82, 2.24) is 14.2 Å². The molecule has 19 heavy (non-hydrogen) atoms. The van der Waals surface area contributed by atoms with E-state index in [1.165, 1.54) is 0 Å². The Kier molecular flexibility index (Phi) is 2.46. The van der Waals surface area contributed by atoms with E-state index >= 15 is 0 Å². The van der Waals surface area contributed by atoms with Gasteiger partial charge in [-0.3, -0.25) is 14.0 Å². The number of fused-ring (bicyclic) bond motifs is 3. The van der Waals surface area contributed by atoms with E-state index in [4.69, 9.17) is 5.11 Å². The molecule has 98 valence electrons. The number of carbonyl (C=O) groups is 1. The second-order valence-corrected chi connectivity index (χ2v) is 5.66. The van der Waals surface area contributed by atoms with Crippen molar-refractivity contribution in [2.24, 2.45) is 0 Å². The number of thiophene rings is 1. The molecule has 6 nitrogen and oxygen atoms in total. The molecule has 3 rings (SSSR count). The van der Waals surface area contributed by atoms with E-state index in [1.807, 2.05) is 13.0 Å². The van der Waals surface area contributed by atoms with Crippen LogP contribution in [0.25, 0.3) is 15.7 Å². The highest BCUT2D eigenvalue weighted by Gasteiger charge is 2.14. The molecule has 0 atom stereocenters. The van der Waals surface area contributed by atoms with Crippen LogP contribution in [0, 0.1) is 13.8 Å². The number of aliphatic carboxylic acids is 1. The predicted molar refractivity (Wildman–Crippen MR) is 71.9 cm³/mol. The fourth-order valence-electron chi connectivity index (χ4n) is 2.25. The Hall–Kier alpha value is -2.15. The van der Waals surface area contributed by atoms with E-state index in [1.54, 1.807) is 28.7 Å². The summed E-state index contributed by atoms with van der Waals surface area (Å²) in [5, 5.41) is 12.8. The number of rotatable bonds is 2. The molecule has 3 aromatic heterocycles. The Balaban J connectivity index is 2.40. The van der Waals surface area contributed by atoms with Gasteiger partial charge in [0, 0.05) is 4.88 Å². The zero-order valence-electron chi connectivity index (χ0n) is 10.4. The molecule has 0 amide bonds. The molecule has 0 aliphatic carbocycles. The highest BCUT2D eigenvalue weighted by Crippen LogP contribution is 2.27. The van der Waals surface area contributed by atoms with Crippen molar-refractivity contribution in [2.45, 2.75) is 20.4 Å². The SMILES string of the molecule is Cc1cc2c(cc3c(=O)n(CC(=O)O)nc(C)n32)s1. The third-order valence-corrected chi connectivity index (χ3v) is 3.93. The fraction of sp³-hybridized carbons (Fsp3) is 0.250. The normalized spacial score (nSPS) is 11.5. The first kappa shape index (κ1) is 11.9. The summed E-state index contributed by atoms with van der Waals surface area (Å²) in [6.45, 7) is 3.34. The van der Waals surface area contributed by atoms with E-state index in [2.05, 4.69) is 5.10 Å². The van der Waals surface area contributed by atoms with Crippen LogP contribution in [0.5, 0.6) is 0 Å². The Bertz CT molecular complexity index is 872. The zero-order chi connectivity index (χ0) is 13.7. The van der Waals surface area contributed by atoms with Crippen LogP contribution in [0.15, 0.2) is 16.9 Å². The first-order valence-corrected chi connectivity index (χ1v) is 6.50. The lowest BCUT2D eigenvalue weighted by atomic mass is 10.4. The van der Waals surface area contributed by atoms with E-state index in [0.29, 0.717) is 11.3 Å². The van der Waals surface area contributed by atoms with Gasteiger partial charge < -0.3 is 5.11 Å². The number of carboxylic acid groups (broad SMARTS) is 1. The molecular weight excluding hydrogens is 266 g/mol. The molecule has 1 N–H and O–H groups in total. The van der Waals surface area contributed by atoms with Crippen LogP contribution in [0.4, 0.5) is 0 Å². The minimum absolute atomic E-state index is 0.381. The number of hydrogen-bond donors (Lipinski definition) is 1. The molecule has 0 bridgehead atoms. The average Bonchev–Trinajstić information content (AvgIpc) is 2.80. The van der Waals surface area contributed by atoms with Crippen LogP contribution in [0.2, 0.25) is 0 Å². The lowest BCUT2D eigenvalue weighted by Crippen LogP contribution is -2.29. The molecule has 0 radical (unpaired) electrons. The maximum atomic E-state index is 12.2. The molecule has 0 unspecified atom stereocenters. The molecule has 0 spiro atoms. The summed E-state index contributed by atoms with van der Waals surface area (Å²) >= 11 is 1.60. The summed E-state index contributed by atoms with van der Waals surface area (Å²) in [5.41, 5.74) is 1.03. The van der Waals surface area contributed by atoms with Gasteiger partial charge >= 0.3 is 5.97 Å². The molecule has 3 aromatic rings. The summed E-state index contributed by atoms with van der Waals surface area (Å²) in [5.74, 6) is -0.480. The second-order valence-electron chi connectivity index (χ2n) is 4.38. The molecule has 0 saturated carbocycles. The Morgan fingerprint density at radius 3 is 2.79 bits per heavy atom. The topological polar surface area (TPSA) is 76.6 Å². The van der Waals surface area contributed by atoms with Crippen LogP contribution in [-0.2, 0) is 11.3 Å². The highest BCUT2D eigenvalue weighted by atomic mass is 32.1. The molecular formula is C12H11N3O3S. The van der Waals surface area contributed by atoms with E-state index in [-0.39, 0.29) is 5.56 Å². The number of carboxylic acids is 1. The second kappa shape index (κ2) is 3.92. The fourth-order valence-corrected chi connectivity index (χ4v) is 3.20. The van der Waals surface area contributed by atoms with Crippen molar-refractivity contribution in [3.05, 3.63) is 33.2 Å². The first-order chi connectivity index (χ1) is 8.97. The van der Waals surface area contributed by atoms with Gasteiger partial charge in [-0.05, 0) is 26.0 Å². The van der Waals surface area contributed by atoms with Gasteiger partial charge in [0.15, 0.2) is 0 Å². The van der Waals surface area contributed by atoms with Gasteiger partial charge in [0.1, 0.15) is 17.9 Å². The van der Waals surface area contributed by atoms with Crippen LogP contribution in [0.3, 0.4) is 0 Å². The van der Waals surface area contributed by atoms with Gasteiger partial charge in [-0.2, -0.15) is 5.10 Å². The summed E-state index contributed by atoms with van der Waals surface area (Å²) in [6.07, 6.45) is 0. The molecule has 7 heteroatoms. The van der Waals surface area contributed by atoms with E-state index < -0.39 is 12.5 Å². The van der Waals surface area contributed by atoms with Crippen molar-refractivity contribution in [2.75, 3.05) is 0 Å². The van der Waals surface area contributed by atoms with Crippen LogP contribution in [-0.4, -0.2) is 25.3 Å². The summed E-state index contributed by atoms with van der Waals surface area (Å²) in [7, 11) is 0. The van der Waals surface area contributed by atoms with Crippen LogP contribution in [0.1, 0.15) is 10.7 Å². The predicted octanol–water partition coefficient (Wildman–Crippen LogP) is 1.41. The Morgan fingerprint density at radius 2 is 2.11 bits per heavy atom. The zero-order valence-corrected chi connectivity index (χ0v) is 11.2. The van der Waals surface area contributed by atoms with Crippen molar-refractivity contribution >= 4 is 33.0 Å². The lowest BCUT2D eigenvalue weighted by molar-refractivity contribution is -0.138. The Labute approximate surface area is 111 Å². The largest absolute Gasteiger partial charge is 0.480 e. The van der Waals surface area contributed by atoms with Crippen molar-refractivity contribution in [1.29, 1.82) is 0 Å². The van der Waals surface area contributed by atoms with Crippen molar-refractivity contribution in [3.8, 4) is 0 Å². The minimum atomic E-state index is -1.08. The number of hydrogen-bond acceptors (Lipinski definition) is 4. The number of aromatic nitrogens is 3. The monoisotopic (exact) mass is 277 g/mol. The maximum Gasteiger partial charge on any atom is 0.325 e. The molecule has 3 heterocycles. The van der Waals surface area contributed by atoms with Crippen molar-refractivity contribution < 1.29 is 9.90 Å². The summed E-state index contributed by atoms with van der Waals surface area (Å²) < 4.78 is 3.77. The molecule has 0 fully saturated rings. The highest BCUT2D eigenvalue weighted by molar-refractivity contribution is 7.19. The lowest BCUT2D eigenvalue weighted by Gasteiger charge is -2.05. The molecule has 0 saturated heterocycles. The third-order valence-electron chi connectivity index (χ3n) is 2.94. The van der Waals surface area contributed by atoms with E-state index in [0.717, 1.165) is 19.8 Å². The average molecular weight is 277 g/mol. The summed E-state index contributed by atoms with van der Waals surface area (Å²) in [4.78, 5) is 24.1. The van der Waals surface area contributed by atoms with Gasteiger partial charge in [0.25, 0.3) is 5.56 Å². The number of aryl methyl sites for hydroxylation is 2. The van der Waals surface area contributed by atoms with Crippen LogP contribution >= 0.6 is 11.3 Å². The van der Waals surface area contributed by atoms with Gasteiger partial charge in [-0.25, -0.2) is 4.68 Å². The maximum absolute atomic E-state index is 12.2. The molecule has 0 aliphatic heterocycles. The Morgan fingerprint density at radius 1 is 1.37 bits per heavy atom. The quantitative estimate of drug-likeness (QED) is 0.768. The number of nitrogens with zero attached hydrogens (tertiary/aromatic N) is 3. The van der Waals surface area contributed by atoms with E-state index in [9.17, 15) is 9.59 Å². The minimum Gasteiger partial charge on any atom is -0.480 e. The smallest absolute Gasteiger partial charge is 0.325 e. The van der Waals surface area contributed by atoms with Gasteiger partial charge in [-0.1, -0.05) is 0 Å². The molecule has 0 aromatic carbocycles. The van der Waals surface area contributed by atoms with Crippen molar-refractivity contribution in [3.63, 3.8) is 0 Å². The molecule has 0 aliphatic rings. The van der Waals surface area contributed by atoms with Crippen LogP contribution < -0.4 is 5.56 Å².